The maximum Gasteiger partial charge on any atom is 0.227 e. The normalized spacial score (nSPS) is 20.8. The Morgan fingerprint density at radius 2 is 1.96 bits per heavy atom. The molecule has 1 unspecified atom stereocenters. The highest BCUT2D eigenvalue weighted by Gasteiger charge is 2.24. The van der Waals surface area contributed by atoms with Gasteiger partial charge < -0.3 is 19.9 Å². The Hall–Kier alpha value is -2.41. The summed E-state index contributed by atoms with van der Waals surface area (Å²) in [6.45, 7) is 7.15. The summed E-state index contributed by atoms with van der Waals surface area (Å²) in [5.41, 5.74) is 1.06. The Bertz CT molecular complexity index is 718. The molecule has 2 aromatic heterocycles. The zero-order chi connectivity index (χ0) is 17.1. The number of hydrogen-bond donors (Lipinski definition) is 1. The quantitative estimate of drug-likeness (QED) is 0.909. The number of anilines is 3. The number of rotatable bonds is 4. The standard InChI is InChI=1S/C18H24N6O/c1-14-3-2-4-17(20-14)24-8-6-15(13-24)21-16-5-7-19-18(22-16)23-9-11-25-12-10-23/h2-5,7,15H,6,8-13H2,1H3,(H,19,21,22). The molecule has 7 nitrogen and oxygen atoms in total. The first-order chi connectivity index (χ1) is 12.3. The van der Waals surface area contributed by atoms with Crippen molar-refractivity contribution in [3.05, 3.63) is 36.2 Å². The van der Waals surface area contributed by atoms with E-state index in [4.69, 9.17) is 4.74 Å². The third-order valence-corrected chi connectivity index (χ3v) is 4.67. The second-order valence-corrected chi connectivity index (χ2v) is 6.55. The smallest absolute Gasteiger partial charge is 0.227 e. The third kappa shape index (κ3) is 3.82. The van der Waals surface area contributed by atoms with Gasteiger partial charge in [0.2, 0.25) is 5.95 Å². The molecule has 2 aliphatic rings. The molecule has 0 aromatic carbocycles. The minimum atomic E-state index is 0.370. The van der Waals surface area contributed by atoms with Crippen molar-refractivity contribution in [3.63, 3.8) is 0 Å². The van der Waals surface area contributed by atoms with Gasteiger partial charge in [-0.3, -0.25) is 0 Å². The van der Waals surface area contributed by atoms with Crippen LogP contribution in [0.2, 0.25) is 0 Å². The van der Waals surface area contributed by atoms with E-state index in [0.29, 0.717) is 6.04 Å². The molecule has 2 saturated heterocycles. The maximum atomic E-state index is 5.40. The lowest BCUT2D eigenvalue weighted by Gasteiger charge is -2.27. The lowest BCUT2D eigenvalue weighted by Crippen LogP contribution is -2.37. The van der Waals surface area contributed by atoms with Gasteiger partial charge in [0.05, 0.1) is 13.2 Å². The summed E-state index contributed by atoms with van der Waals surface area (Å²) >= 11 is 0. The van der Waals surface area contributed by atoms with Gasteiger partial charge in [0.1, 0.15) is 11.6 Å². The van der Waals surface area contributed by atoms with E-state index in [1.807, 2.05) is 25.3 Å². The molecule has 0 bridgehead atoms. The summed E-state index contributed by atoms with van der Waals surface area (Å²) in [6.07, 6.45) is 2.90. The van der Waals surface area contributed by atoms with E-state index in [9.17, 15) is 0 Å². The molecular weight excluding hydrogens is 316 g/mol. The fourth-order valence-corrected chi connectivity index (χ4v) is 3.34. The fraction of sp³-hybridized carbons (Fsp3) is 0.500. The zero-order valence-corrected chi connectivity index (χ0v) is 14.6. The molecule has 1 N–H and O–H groups in total. The van der Waals surface area contributed by atoms with Crippen LogP contribution < -0.4 is 15.1 Å². The highest BCUT2D eigenvalue weighted by molar-refractivity contribution is 5.45. The first-order valence-corrected chi connectivity index (χ1v) is 8.89. The lowest BCUT2D eigenvalue weighted by molar-refractivity contribution is 0.122. The predicted octanol–water partition coefficient (Wildman–Crippen LogP) is 1.71. The summed E-state index contributed by atoms with van der Waals surface area (Å²) in [6, 6.07) is 8.49. The molecule has 0 aliphatic carbocycles. The van der Waals surface area contributed by atoms with Crippen molar-refractivity contribution in [1.82, 2.24) is 15.0 Å². The van der Waals surface area contributed by atoms with Crippen LogP contribution in [0.25, 0.3) is 0 Å². The van der Waals surface area contributed by atoms with Gasteiger partial charge in [-0.15, -0.1) is 0 Å². The van der Waals surface area contributed by atoms with Crippen LogP contribution in [0.4, 0.5) is 17.6 Å². The average molecular weight is 340 g/mol. The van der Waals surface area contributed by atoms with E-state index in [1.165, 1.54) is 0 Å². The highest BCUT2D eigenvalue weighted by Crippen LogP contribution is 2.21. The first-order valence-electron chi connectivity index (χ1n) is 8.89. The fourth-order valence-electron chi connectivity index (χ4n) is 3.34. The summed E-state index contributed by atoms with van der Waals surface area (Å²) in [4.78, 5) is 18.2. The summed E-state index contributed by atoms with van der Waals surface area (Å²) in [5.74, 6) is 2.73. The highest BCUT2D eigenvalue weighted by atomic mass is 16.5. The van der Waals surface area contributed by atoms with Gasteiger partial charge in [-0.2, -0.15) is 4.98 Å². The van der Waals surface area contributed by atoms with Crippen molar-refractivity contribution in [2.24, 2.45) is 0 Å². The van der Waals surface area contributed by atoms with E-state index < -0.39 is 0 Å². The molecule has 1 atom stereocenters. The number of morpholine rings is 1. The predicted molar refractivity (Wildman–Crippen MR) is 98.3 cm³/mol. The Labute approximate surface area is 148 Å². The number of nitrogens with one attached hydrogen (secondary N) is 1. The van der Waals surface area contributed by atoms with E-state index in [0.717, 1.165) is 69.1 Å². The van der Waals surface area contributed by atoms with Gasteiger partial charge in [-0.1, -0.05) is 6.07 Å². The molecule has 0 spiro atoms. The van der Waals surface area contributed by atoms with Gasteiger partial charge in [0, 0.05) is 44.1 Å². The van der Waals surface area contributed by atoms with Gasteiger partial charge >= 0.3 is 0 Å². The Morgan fingerprint density at radius 1 is 1.08 bits per heavy atom. The Kier molecular flexibility index (Phi) is 4.65. The molecule has 2 aromatic rings. The number of nitrogens with zero attached hydrogens (tertiary/aromatic N) is 5. The number of pyridine rings is 1. The largest absolute Gasteiger partial charge is 0.378 e. The van der Waals surface area contributed by atoms with Crippen molar-refractivity contribution in [2.45, 2.75) is 19.4 Å². The van der Waals surface area contributed by atoms with E-state index in [2.05, 4.69) is 42.2 Å². The molecule has 4 heterocycles. The number of hydrogen-bond acceptors (Lipinski definition) is 7. The maximum absolute atomic E-state index is 5.40. The topological polar surface area (TPSA) is 66.4 Å². The zero-order valence-electron chi connectivity index (χ0n) is 14.6. The first kappa shape index (κ1) is 16.1. The minimum Gasteiger partial charge on any atom is -0.378 e. The van der Waals surface area contributed by atoms with Crippen molar-refractivity contribution in [2.75, 3.05) is 54.5 Å². The van der Waals surface area contributed by atoms with Gasteiger partial charge in [-0.05, 0) is 31.5 Å². The van der Waals surface area contributed by atoms with Crippen LogP contribution in [0.15, 0.2) is 30.5 Å². The van der Waals surface area contributed by atoms with Crippen LogP contribution in [0.5, 0.6) is 0 Å². The molecule has 2 fully saturated rings. The van der Waals surface area contributed by atoms with Gasteiger partial charge in [0.15, 0.2) is 0 Å². The minimum absolute atomic E-state index is 0.370. The molecule has 0 radical (unpaired) electrons. The lowest BCUT2D eigenvalue weighted by atomic mass is 10.2. The van der Waals surface area contributed by atoms with Crippen molar-refractivity contribution in [3.8, 4) is 0 Å². The third-order valence-electron chi connectivity index (χ3n) is 4.67. The molecule has 0 amide bonds. The Morgan fingerprint density at radius 3 is 2.80 bits per heavy atom. The monoisotopic (exact) mass is 340 g/mol. The van der Waals surface area contributed by atoms with E-state index in [-0.39, 0.29) is 0 Å². The van der Waals surface area contributed by atoms with Gasteiger partial charge in [0.25, 0.3) is 0 Å². The average Bonchev–Trinajstić information content (AvgIpc) is 3.11. The summed E-state index contributed by atoms with van der Waals surface area (Å²) in [5, 5.41) is 3.56. The van der Waals surface area contributed by atoms with Crippen LogP contribution >= 0.6 is 0 Å². The summed E-state index contributed by atoms with van der Waals surface area (Å²) < 4.78 is 5.40. The second kappa shape index (κ2) is 7.23. The molecule has 7 heteroatoms. The molecule has 4 rings (SSSR count). The molecule has 0 saturated carbocycles. The van der Waals surface area contributed by atoms with E-state index in [1.54, 1.807) is 0 Å². The van der Waals surface area contributed by atoms with Crippen molar-refractivity contribution < 1.29 is 4.74 Å². The second-order valence-electron chi connectivity index (χ2n) is 6.55. The van der Waals surface area contributed by atoms with Crippen LogP contribution in [0, 0.1) is 6.92 Å². The number of aromatic nitrogens is 3. The van der Waals surface area contributed by atoms with Gasteiger partial charge in [-0.25, -0.2) is 9.97 Å². The molecular formula is C18H24N6O. The van der Waals surface area contributed by atoms with Crippen LogP contribution in [-0.2, 0) is 4.74 Å². The molecule has 2 aliphatic heterocycles. The summed E-state index contributed by atoms with van der Waals surface area (Å²) in [7, 11) is 0. The Balaban J connectivity index is 1.39. The van der Waals surface area contributed by atoms with Crippen molar-refractivity contribution >= 4 is 17.6 Å². The molecule has 25 heavy (non-hydrogen) atoms. The molecule has 132 valence electrons. The van der Waals surface area contributed by atoms with Crippen LogP contribution in [0.1, 0.15) is 12.1 Å². The van der Waals surface area contributed by atoms with E-state index >= 15 is 0 Å². The van der Waals surface area contributed by atoms with Crippen LogP contribution in [0.3, 0.4) is 0 Å². The number of ether oxygens (including phenoxy) is 1. The SMILES string of the molecule is Cc1cccc(N2CCC(Nc3ccnc(N4CCOCC4)n3)C2)n1. The number of aryl methyl sites for hydroxylation is 1. The van der Waals surface area contributed by atoms with Crippen molar-refractivity contribution in [1.29, 1.82) is 0 Å². The van der Waals surface area contributed by atoms with Crippen LogP contribution in [-0.4, -0.2) is 60.4 Å².